The Labute approximate surface area is 85.1 Å². The first-order chi connectivity index (χ1) is 6.97. The number of aromatic nitrogens is 1. The van der Waals surface area contributed by atoms with Crippen molar-refractivity contribution in [2.24, 2.45) is 5.73 Å². The highest BCUT2D eigenvalue weighted by Crippen LogP contribution is 2.30. The average Bonchev–Trinajstić information content (AvgIpc) is 2.15. The molecule has 0 radical (unpaired) electrons. The van der Waals surface area contributed by atoms with Gasteiger partial charge in [-0.2, -0.15) is 0 Å². The van der Waals surface area contributed by atoms with Crippen molar-refractivity contribution in [2.75, 3.05) is 7.11 Å². The molecular formula is C9H10F2N2O2. The molecule has 0 spiro atoms. The van der Waals surface area contributed by atoms with Crippen molar-refractivity contribution in [3.05, 3.63) is 22.9 Å². The molecule has 1 aromatic rings. The quantitative estimate of drug-likeness (QED) is 0.831. The summed E-state index contributed by atoms with van der Waals surface area (Å²) in [5.74, 6) is -1.19. The van der Waals surface area contributed by atoms with Crippen LogP contribution in [0.2, 0.25) is 0 Å². The molecule has 0 bridgehead atoms. The minimum Gasteiger partial charge on any atom is -0.481 e. The van der Waals surface area contributed by atoms with Crippen molar-refractivity contribution in [2.45, 2.75) is 13.3 Å². The van der Waals surface area contributed by atoms with E-state index in [-0.39, 0.29) is 11.4 Å². The molecule has 0 saturated heterocycles. The van der Waals surface area contributed by atoms with Crippen molar-refractivity contribution in [1.82, 2.24) is 4.98 Å². The van der Waals surface area contributed by atoms with Crippen molar-refractivity contribution in [3.8, 4) is 5.88 Å². The molecule has 0 aliphatic heterocycles. The summed E-state index contributed by atoms with van der Waals surface area (Å²) < 4.78 is 30.0. The molecule has 0 aromatic carbocycles. The minimum absolute atomic E-state index is 0.255. The predicted octanol–water partition coefficient (Wildman–Crippen LogP) is 1.44. The zero-order chi connectivity index (χ0) is 11.6. The molecule has 0 saturated carbocycles. The van der Waals surface area contributed by atoms with Gasteiger partial charge in [0.25, 0.3) is 6.43 Å². The largest absolute Gasteiger partial charge is 0.481 e. The van der Waals surface area contributed by atoms with Gasteiger partial charge in [0.15, 0.2) is 0 Å². The monoisotopic (exact) mass is 216 g/mol. The highest BCUT2D eigenvalue weighted by molar-refractivity contribution is 5.95. The average molecular weight is 216 g/mol. The van der Waals surface area contributed by atoms with E-state index in [1.807, 2.05) is 0 Å². The number of alkyl halides is 2. The van der Waals surface area contributed by atoms with Crippen molar-refractivity contribution >= 4 is 5.91 Å². The standard InChI is InChI=1S/C9H10F2N2O2/c1-4-3-5(8(12)14)6(7(10)11)9(13-4)15-2/h3,7H,1-2H3,(H2,12,14). The molecule has 0 aliphatic carbocycles. The van der Waals surface area contributed by atoms with Crippen LogP contribution >= 0.6 is 0 Å². The summed E-state index contributed by atoms with van der Waals surface area (Å²) in [5, 5.41) is 0. The summed E-state index contributed by atoms with van der Waals surface area (Å²) >= 11 is 0. The van der Waals surface area contributed by atoms with Crippen LogP contribution in [0.1, 0.15) is 28.0 Å². The maximum atomic E-state index is 12.6. The minimum atomic E-state index is -2.85. The second kappa shape index (κ2) is 4.20. The molecule has 1 heterocycles. The third kappa shape index (κ3) is 2.20. The van der Waals surface area contributed by atoms with E-state index in [2.05, 4.69) is 9.72 Å². The van der Waals surface area contributed by atoms with Crippen LogP contribution in [-0.4, -0.2) is 18.0 Å². The van der Waals surface area contributed by atoms with Gasteiger partial charge >= 0.3 is 0 Å². The summed E-state index contributed by atoms with van der Waals surface area (Å²) in [6.07, 6.45) is -2.85. The number of pyridine rings is 1. The Bertz CT molecular complexity index is 394. The molecule has 2 N–H and O–H groups in total. The lowest BCUT2D eigenvalue weighted by molar-refractivity contribution is 0.0982. The zero-order valence-corrected chi connectivity index (χ0v) is 8.25. The Morgan fingerprint density at radius 1 is 1.60 bits per heavy atom. The van der Waals surface area contributed by atoms with Gasteiger partial charge in [-0.3, -0.25) is 4.79 Å². The van der Waals surface area contributed by atoms with Crippen LogP contribution in [0.5, 0.6) is 5.88 Å². The van der Waals surface area contributed by atoms with Crippen LogP contribution in [0.25, 0.3) is 0 Å². The number of amides is 1. The number of halogens is 2. The van der Waals surface area contributed by atoms with E-state index in [0.717, 1.165) is 0 Å². The number of primary amides is 1. The summed E-state index contributed by atoms with van der Waals surface area (Å²) in [7, 11) is 1.21. The van der Waals surface area contributed by atoms with Crippen LogP contribution in [0.4, 0.5) is 8.78 Å². The molecule has 4 nitrogen and oxygen atoms in total. The summed E-state index contributed by atoms with van der Waals surface area (Å²) in [5.41, 5.74) is 4.57. The summed E-state index contributed by atoms with van der Waals surface area (Å²) in [6, 6.07) is 1.21. The van der Waals surface area contributed by atoms with Gasteiger partial charge < -0.3 is 10.5 Å². The Hall–Kier alpha value is -1.72. The molecule has 1 rings (SSSR count). The van der Waals surface area contributed by atoms with Crippen LogP contribution < -0.4 is 10.5 Å². The molecular weight excluding hydrogens is 206 g/mol. The second-order valence-electron chi connectivity index (χ2n) is 2.90. The van der Waals surface area contributed by atoms with Crippen LogP contribution in [0.3, 0.4) is 0 Å². The Kier molecular flexibility index (Phi) is 3.18. The smallest absolute Gasteiger partial charge is 0.269 e. The topological polar surface area (TPSA) is 65.2 Å². The normalized spacial score (nSPS) is 10.5. The number of carbonyl (C=O) groups is 1. The van der Waals surface area contributed by atoms with E-state index in [0.29, 0.717) is 5.69 Å². The molecule has 6 heteroatoms. The van der Waals surface area contributed by atoms with E-state index in [9.17, 15) is 13.6 Å². The van der Waals surface area contributed by atoms with E-state index >= 15 is 0 Å². The fourth-order valence-electron chi connectivity index (χ4n) is 1.22. The molecule has 82 valence electrons. The Morgan fingerprint density at radius 2 is 2.20 bits per heavy atom. The number of hydrogen-bond acceptors (Lipinski definition) is 3. The predicted molar refractivity (Wildman–Crippen MR) is 49.0 cm³/mol. The van der Waals surface area contributed by atoms with Gasteiger partial charge in [0.1, 0.15) is 0 Å². The highest BCUT2D eigenvalue weighted by atomic mass is 19.3. The summed E-state index contributed by atoms with van der Waals surface area (Å²) in [4.78, 5) is 14.7. The van der Waals surface area contributed by atoms with Crippen molar-refractivity contribution in [1.29, 1.82) is 0 Å². The van der Waals surface area contributed by atoms with E-state index < -0.39 is 17.9 Å². The molecule has 0 fully saturated rings. The maximum Gasteiger partial charge on any atom is 0.269 e. The van der Waals surface area contributed by atoms with Gasteiger partial charge in [-0.25, -0.2) is 13.8 Å². The SMILES string of the molecule is COc1nc(C)cc(C(N)=O)c1C(F)F. The van der Waals surface area contributed by atoms with Crippen LogP contribution in [0, 0.1) is 6.92 Å². The lowest BCUT2D eigenvalue weighted by Gasteiger charge is -2.11. The number of methoxy groups -OCH3 is 1. The number of nitrogens with two attached hydrogens (primary N) is 1. The van der Waals surface area contributed by atoms with Gasteiger partial charge in [0.05, 0.1) is 18.2 Å². The van der Waals surface area contributed by atoms with E-state index in [1.165, 1.54) is 13.2 Å². The van der Waals surface area contributed by atoms with Gasteiger partial charge in [-0.1, -0.05) is 0 Å². The fourth-order valence-corrected chi connectivity index (χ4v) is 1.22. The first kappa shape index (κ1) is 11.4. The Morgan fingerprint density at radius 3 is 2.60 bits per heavy atom. The van der Waals surface area contributed by atoms with Crippen LogP contribution in [0.15, 0.2) is 6.07 Å². The molecule has 0 aliphatic rings. The van der Waals surface area contributed by atoms with Crippen molar-refractivity contribution < 1.29 is 18.3 Å². The molecule has 1 aromatic heterocycles. The third-order valence-corrected chi connectivity index (χ3v) is 1.83. The first-order valence-electron chi connectivity index (χ1n) is 4.10. The van der Waals surface area contributed by atoms with E-state index in [4.69, 9.17) is 5.73 Å². The number of carbonyl (C=O) groups excluding carboxylic acids is 1. The second-order valence-corrected chi connectivity index (χ2v) is 2.90. The van der Waals surface area contributed by atoms with Crippen LogP contribution in [-0.2, 0) is 0 Å². The number of ether oxygens (including phenoxy) is 1. The first-order valence-corrected chi connectivity index (χ1v) is 4.10. The van der Waals surface area contributed by atoms with Gasteiger partial charge in [-0.05, 0) is 13.0 Å². The lowest BCUT2D eigenvalue weighted by Crippen LogP contribution is -2.16. The maximum absolute atomic E-state index is 12.6. The lowest BCUT2D eigenvalue weighted by atomic mass is 10.1. The fraction of sp³-hybridized carbons (Fsp3) is 0.333. The molecule has 0 atom stereocenters. The zero-order valence-electron chi connectivity index (χ0n) is 8.25. The number of rotatable bonds is 3. The Balaban J connectivity index is 3.47. The van der Waals surface area contributed by atoms with Gasteiger partial charge in [0, 0.05) is 5.69 Å². The van der Waals surface area contributed by atoms with Gasteiger partial charge in [0.2, 0.25) is 11.8 Å². The van der Waals surface area contributed by atoms with Crippen molar-refractivity contribution in [3.63, 3.8) is 0 Å². The highest BCUT2D eigenvalue weighted by Gasteiger charge is 2.23. The summed E-state index contributed by atoms with van der Waals surface area (Å²) in [6.45, 7) is 1.56. The number of aryl methyl sites for hydroxylation is 1. The van der Waals surface area contributed by atoms with E-state index in [1.54, 1.807) is 6.92 Å². The number of hydrogen-bond donors (Lipinski definition) is 1. The molecule has 0 unspecified atom stereocenters. The molecule has 15 heavy (non-hydrogen) atoms. The number of nitrogens with zero attached hydrogens (tertiary/aromatic N) is 1. The third-order valence-electron chi connectivity index (χ3n) is 1.83. The van der Waals surface area contributed by atoms with Gasteiger partial charge in [-0.15, -0.1) is 0 Å². The molecule has 1 amide bonds.